The van der Waals surface area contributed by atoms with Crippen LogP contribution >= 0.6 is 0 Å². The second kappa shape index (κ2) is 3.81. The zero-order valence-corrected chi connectivity index (χ0v) is 9.29. The van der Waals surface area contributed by atoms with Gasteiger partial charge in [-0.25, -0.2) is 0 Å². The van der Waals surface area contributed by atoms with Crippen molar-refractivity contribution in [1.29, 1.82) is 0 Å². The van der Waals surface area contributed by atoms with Crippen LogP contribution in [0, 0.1) is 6.92 Å². The molecule has 2 heterocycles. The lowest BCUT2D eigenvalue weighted by Gasteiger charge is -1.89. The molecule has 0 amide bonds. The highest BCUT2D eigenvalue weighted by atomic mass is 16.3. The van der Waals surface area contributed by atoms with Gasteiger partial charge < -0.3 is 9.40 Å². The van der Waals surface area contributed by atoms with E-state index in [1.165, 1.54) is 16.6 Å². The summed E-state index contributed by atoms with van der Waals surface area (Å²) < 4.78 is 5.32. The topological polar surface area (TPSA) is 28.9 Å². The van der Waals surface area contributed by atoms with E-state index in [1.54, 1.807) is 6.26 Å². The Morgan fingerprint density at radius 1 is 1.07 bits per heavy atom. The SMILES string of the molecule is CC.Cc1cc2cc3occc3cc2[nH]1. The van der Waals surface area contributed by atoms with Gasteiger partial charge in [0, 0.05) is 22.0 Å². The fourth-order valence-electron chi connectivity index (χ4n) is 1.73. The van der Waals surface area contributed by atoms with Crippen LogP contribution in [0.25, 0.3) is 21.9 Å². The van der Waals surface area contributed by atoms with Crippen molar-refractivity contribution >= 4 is 21.9 Å². The van der Waals surface area contributed by atoms with Gasteiger partial charge in [0.1, 0.15) is 5.58 Å². The summed E-state index contributed by atoms with van der Waals surface area (Å²) in [5.74, 6) is 0. The Morgan fingerprint density at radius 2 is 1.87 bits per heavy atom. The largest absolute Gasteiger partial charge is 0.464 e. The Labute approximate surface area is 88.9 Å². The third-order valence-electron chi connectivity index (χ3n) is 2.33. The fourth-order valence-corrected chi connectivity index (χ4v) is 1.73. The van der Waals surface area contributed by atoms with Crippen LogP contribution < -0.4 is 0 Å². The monoisotopic (exact) mass is 201 g/mol. The van der Waals surface area contributed by atoms with Crippen molar-refractivity contribution in [3.05, 3.63) is 36.2 Å². The first-order valence-corrected chi connectivity index (χ1v) is 5.29. The molecule has 0 atom stereocenters. The summed E-state index contributed by atoms with van der Waals surface area (Å²) in [5.41, 5.74) is 3.31. The third-order valence-corrected chi connectivity index (χ3v) is 2.33. The maximum Gasteiger partial charge on any atom is 0.134 e. The molecule has 2 heteroatoms. The highest BCUT2D eigenvalue weighted by molar-refractivity contribution is 5.94. The average molecular weight is 201 g/mol. The van der Waals surface area contributed by atoms with E-state index in [-0.39, 0.29) is 0 Å². The number of hydrogen-bond acceptors (Lipinski definition) is 1. The molecule has 0 spiro atoms. The quantitative estimate of drug-likeness (QED) is 0.578. The predicted molar refractivity (Wildman–Crippen MR) is 64.2 cm³/mol. The summed E-state index contributed by atoms with van der Waals surface area (Å²) in [4.78, 5) is 3.30. The Kier molecular flexibility index (Phi) is 2.50. The number of benzene rings is 1. The van der Waals surface area contributed by atoms with E-state index in [0.717, 1.165) is 11.0 Å². The molecule has 3 aromatic rings. The second-order valence-corrected chi connectivity index (χ2v) is 3.35. The zero-order valence-electron chi connectivity index (χ0n) is 9.29. The highest BCUT2D eigenvalue weighted by Crippen LogP contribution is 2.23. The minimum absolute atomic E-state index is 0.950. The Hall–Kier alpha value is -1.70. The molecule has 15 heavy (non-hydrogen) atoms. The van der Waals surface area contributed by atoms with Crippen molar-refractivity contribution in [3.8, 4) is 0 Å². The van der Waals surface area contributed by atoms with Gasteiger partial charge in [-0.2, -0.15) is 0 Å². The minimum Gasteiger partial charge on any atom is -0.464 e. The molecule has 0 unspecified atom stereocenters. The lowest BCUT2D eigenvalue weighted by atomic mass is 10.2. The normalized spacial score (nSPS) is 10.3. The maximum atomic E-state index is 5.32. The number of hydrogen-bond donors (Lipinski definition) is 1. The Bertz CT molecular complexity index is 526. The van der Waals surface area contributed by atoms with Crippen LogP contribution in [-0.4, -0.2) is 4.98 Å². The summed E-state index contributed by atoms with van der Waals surface area (Å²) in [6, 6.07) is 8.28. The average Bonchev–Trinajstić information content (AvgIpc) is 2.81. The first-order chi connectivity index (χ1) is 7.33. The fraction of sp³-hybridized carbons (Fsp3) is 0.231. The molecule has 2 aromatic heterocycles. The molecule has 0 radical (unpaired) electrons. The van der Waals surface area contributed by atoms with Crippen molar-refractivity contribution in [2.75, 3.05) is 0 Å². The van der Waals surface area contributed by atoms with E-state index in [1.807, 2.05) is 19.9 Å². The van der Waals surface area contributed by atoms with E-state index in [2.05, 4.69) is 30.1 Å². The number of aromatic nitrogens is 1. The summed E-state index contributed by atoms with van der Waals surface area (Å²) in [7, 11) is 0. The van der Waals surface area contributed by atoms with Gasteiger partial charge in [0.25, 0.3) is 0 Å². The van der Waals surface area contributed by atoms with Gasteiger partial charge >= 0.3 is 0 Å². The number of furan rings is 1. The molecular weight excluding hydrogens is 186 g/mol. The molecule has 0 aliphatic carbocycles. The van der Waals surface area contributed by atoms with Gasteiger partial charge in [-0.05, 0) is 31.2 Å². The number of nitrogens with one attached hydrogen (secondary N) is 1. The summed E-state index contributed by atoms with van der Waals surface area (Å²) in [6.45, 7) is 6.06. The van der Waals surface area contributed by atoms with E-state index in [4.69, 9.17) is 4.42 Å². The lowest BCUT2D eigenvalue weighted by Crippen LogP contribution is -1.68. The molecule has 0 saturated heterocycles. The van der Waals surface area contributed by atoms with Crippen LogP contribution in [-0.2, 0) is 0 Å². The van der Waals surface area contributed by atoms with Gasteiger partial charge in [0.15, 0.2) is 0 Å². The number of rotatable bonds is 0. The summed E-state index contributed by atoms with van der Waals surface area (Å²) >= 11 is 0. The molecule has 78 valence electrons. The van der Waals surface area contributed by atoms with Crippen LogP contribution in [0.5, 0.6) is 0 Å². The Balaban J connectivity index is 0.000000404. The van der Waals surface area contributed by atoms with Crippen molar-refractivity contribution in [2.45, 2.75) is 20.8 Å². The molecule has 2 nitrogen and oxygen atoms in total. The van der Waals surface area contributed by atoms with Crippen molar-refractivity contribution in [2.24, 2.45) is 0 Å². The Morgan fingerprint density at radius 3 is 2.67 bits per heavy atom. The summed E-state index contributed by atoms with van der Waals surface area (Å²) in [6.07, 6.45) is 1.72. The van der Waals surface area contributed by atoms with Crippen molar-refractivity contribution in [1.82, 2.24) is 4.98 Å². The third kappa shape index (κ3) is 1.63. The standard InChI is InChI=1S/C11H9NO.C2H6/c1-7-4-9-6-11-8(2-3-13-11)5-10(9)12-7;1-2/h2-6,12H,1H3;1-2H3. The number of fused-ring (bicyclic) bond motifs is 2. The molecule has 1 N–H and O–H groups in total. The van der Waals surface area contributed by atoms with Crippen molar-refractivity contribution < 1.29 is 4.42 Å². The number of aromatic amines is 1. The van der Waals surface area contributed by atoms with E-state index >= 15 is 0 Å². The zero-order chi connectivity index (χ0) is 10.8. The first-order valence-electron chi connectivity index (χ1n) is 5.29. The molecule has 0 aliphatic heterocycles. The molecular formula is C13H15NO. The van der Waals surface area contributed by atoms with E-state index < -0.39 is 0 Å². The maximum absolute atomic E-state index is 5.32. The van der Waals surface area contributed by atoms with Gasteiger partial charge in [-0.3, -0.25) is 0 Å². The lowest BCUT2D eigenvalue weighted by molar-refractivity contribution is 0.616. The van der Waals surface area contributed by atoms with Crippen molar-refractivity contribution in [3.63, 3.8) is 0 Å². The minimum atomic E-state index is 0.950. The second-order valence-electron chi connectivity index (χ2n) is 3.35. The van der Waals surface area contributed by atoms with Crippen LogP contribution in [0.4, 0.5) is 0 Å². The van der Waals surface area contributed by atoms with Crippen LogP contribution in [0.15, 0.2) is 34.9 Å². The molecule has 0 fully saturated rings. The summed E-state index contributed by atoms with van der Waals surface area (Å²) in [5, 5.41) is 2.36. The number of H-pyrrole nitrogens is 1. The first kappa shape index (κ1) is 9.84. The molecule has 0 saturated carbocycles. The number of aryl methyl sites for hydroxylation is 1. The molecule has 0 bridgehead atoms. The van der Waals surface area contributed by atoms with E-state index in [0.29, 0.717) is 0 Å². The molecule has 0 aliphatic rings. The smallest absolute Gasteiger partial charge is 0.134 e. The van der Waals surface area contributed by atoms with Gasteiger partial charge in [-0.1, -0.05) is 13.8 Å². The predicted octanol–water partition coefficient (Wildman–Crippen LogP) is 4.25. The van der Waals surface area contributed by atoms with Gasteiger partial charge in [0.2, 0.25) is 0 Å². The van der Waals surface area contributed by atoms with Crippen LogP contribution in [0.1, 0.15) is 19.5 Å². The molecule has 1 aromatic carbocycles. The molecule has 3 rings (SSSR count). The van der Waals surface area contributed by atoms with E-state index in [9.17, 15) is 0 Å². The van der Waals surface area contributed by atoms with Crippen LogP contribution in [0.2, 0.25) is 0 Å². The highest BCUT2D eigenvalue weighted by Gasteiger charge is 2.01. The van der Waals surface area contributed by atoms with Gasteiger partial charge in [-0.15, -0.1) is 0 Å². The van der Waals surface area contributed by atoms with Crippen LogP contribution in [0.3, 0.4) is 0 Å². The van der Waals surface area contributed by atoms with Gasteiger partial charge in [0.05, 0.1) is 6.26 Å².